The Labute approximate surface area is 105 Å². The lowest BCUT2D eigenvalue weighted by atomic mass is 10.2. The van der Waals surface area contributed by atoms with E-state index in [0.717, 1.165) is 0 Å². The Hall–Kier alpha value is -0.713. The monoisotopic (exact) mass is 278 g/mol. The van der Waals surface area contributed by atoms with E-state index in [1.54, 1.807) is 6.07 Å². The lowest BCUT2D eigenvalue weighted by Crippen LogP contribution is -2.29. The molecule has 0 aliphatic heterocycles. The molecule has 0 unspecified atom stereocenters. The van der Waals surface area contributed by atoms with E-state index in [9.17, 15) is 4.79 Å². The van der Waals surface area contributed by atoms with Crippen LogP contribution in [0.25, 0.3) is 0 Å². The zero-order valence-corrected chi connectivity index (χ0v) is 11.7. The highest BCUT2D eigenvalue weighted by Crippen LogP contribution is 2.34. The Kier molecular flexibility index (Phi) is 3.88. The Balaban J connectivity index is 3.24. The molecule has 0 heterocycles. The molecule has 1 aromatic carbocycles. The van der Waals surface area contributed by atoms with Crippen molar-refractivity contribution in [1.29, 1.82) is 0 Å². The second-order valence-corrected chi connectivity index (χ2v) is 9.47. The normalized spacial score (nSPS) is 11.3. The van der Waals surface area contributed by atoms with Gasteiger partial charge in [-0.3, -0.25) is 0 Å². The summed E-state index contributed by atoms with van der Waals surface area (Å²) in [6.07, 6.45) is 0. The van der Waals surface area contributed by atoms with Gasteiger partial charge in [0.1, 0.15) is 11.3 Å². The molecule has 0 saturated carbocycles. The van der Waals surface area contributed by atoms with E-state index < -0.39 is 14.3 Å². The van der Waals surface area contributed by atoms with Crippen LogP contribution in [-0.4, -0.2) is 19.4 Å². The average Bonchev–Trinajstić information content (AvgIpc) is 2.07. The van der Waals surface area contributed by atoms with Crippen LogP contribution in [-0.2, 0) is 0 Å². The summed E-state index contributed by atoms with van der Waals surface area (Å²) in [7, 11) is -1.82. The van der Waals surface area contributed by atoms with Crippen LogP contribution in [0.5, 0.6) is 5.75 Å². The molecule has 0 radical (unpaired) electrons. The first kappa shape index (κ1) is 13.4. The van der Waals surface area contributed by atoms with Crippen molar-refractivity contribution in [3.8, 4) is 5.75 Å². The first-order valence-electron chi connectivity index (χ1n) is 4.62. The minimum atomic E-state index is -1.82. The molecule has 1 rings (SSSR count). The fraction of sp³-hybridized carbons (Fsp3) is 0.300. The first-order valence-corrected chi connectivity index (χ1v) is 8.79. The molecule has 6 heteroatoms. The largest absolute Gasteiger partial charge is 0.543 e. The number of hydrogen-bond donors (Lipinski definition) is 1. The molecule has 1 N–H and O–H groups in total. The van der Waals surface area contributed by atoms with Crippen molar-refractivity contribution in [1.82, 2.24) is 0 Å². The molecule has 0 aliphatic rings. The Bertz CT molecular complexity index is 427. The predicted molar refractivity (Wildman–Crippen MR) is 67.4 cm³/mol. The third-order valence-corrected chi connectivity index (χ3v) is 3.21. The summed E-state index contributed by atoms with van der Waals surface area (Å²) in [6, 6.07) is 3.07. The summed E-state index contributed by atoms with van der Waals surface area (Å²) in [5.74, 6) is -0.779. The Morgan fingerprint density at radius 1 is 1.31 bits per heavy atom. The van der Waals surface area contributed by atoms with Crippen LogP contribution in [0.2, 0.25) is 29.7 Å². The second kappa shape index (κ2) is 4.65. The molecule has 3 nitrogen and oxygen atoms in total. The van der Waals surface area contributed by atoms with Crippen molar-refractivity contribution >= 4 is 37.5 Å². The zero-order chi connectivity index (χ0) is 12.5. The number of carboxylic acids is 1. The molecule has 0 amide bonds. The van der Waals surface area contributed by atoms with Crippen molar-refractivity contribution in [2.24, 2.45) is 0 Å². The van der Waals surface area contributed by atoms with Crippen LogP contribution in [0, 0.1) is 0 Å². The minimum absolute atomic E-state index is 0.0578. The molecule has 1 aromatic rings. The van der Waals surface area contributed by atoms with Crippen molar-refractivity contribution in [3.05, 3.63) is 27.7 Å². The third kappa shape index (κ3) is 3.14. The number of halogens is 2. The van der Waals surface area contributed by atoms with Gasteiger partial charge in [-0.25, -0.2) is 4.79 Å². The van der Waals surface area contributed by atoms with Crippen LogP contribution in [0.1, 0.15) is 10.4 Å². The number of carbonyl (C=O) groups is 1. The lowest BCUT2D eigenvalue weighted by molar-refractivity contribution is 0.0697. The summed E-state index contributed by atoms with van der Waals surface area (Å²) in [4.78, 5) is 10.9. The van der Waals surface area contributed by atoms with E-state index in [-0.39, 0.29) is 15.6 Å². The number of rotatable bonds is 3. The van der Waals surface area contributed by atoms with E-state index in [2.05, 4.69) is 0 Å². The van der Waals surface area contributed by atoms with E-state index in [0.29, 0.717) is 5.75 Å². The Morgan fingerprint density at radius 3 is 2.31 bits per heavy atom. The summed E-state index contributed by atoms with van der Waals surface area (Å²) in [6.45, 7) is 5.95. The van der Waals surface area contributed by atoms with E-state index in [4.69, 9.17) is 32.7 Å². The summed E-state index contributed by atoms with van der Waals surface area (Å²) in [5, 5.41) is 9.13. The van der Waals surface area contributed by atoms with Crippen LogP contribution in [0.15, 0.2) is 12.1 Å². The molecular weight excluding hydrogens is 267 g/mol. The molecule has 0 fully saturated rings. The van der Waals surface area contributed by atoms with Gasteiger partial charge in [0.25, 0.3) is 0 Å². The van der Waals surface area contributed by atoms with Crippen LogP contribution >= 0.6 is 23.2 Å². The highest BCUT2D eigenvalue weighted by molar-refractivity contribution is 6.70. The van der Waals surface area contributed by atoms with Crippen LogP contribution in [0.4, 0.5) is 0 Å². The van der Waals surface area contributed by atoms with Crippen molar-refractivity contribution < 1.29 is 14.3 Å². The summed E-state index contributed by atoms with van der Waals surface area (Å²) >= 11 is 11.7. The maximum absolute atomic E-state index is 10.9. The van der Waals surface area contributed by atoms with Crippen molar-refractivity contribution in [2.75, 3.05) is 0 Å². The van der Waals surface area contributed by atoms with Crippen LogP contribution in [0.3, 0.4) is 0 Å². The van der Waals surface area contributed by atoms with E-state index in [1.165, 1.54) is 6.07 Å². The zero-order valence-electron chi connectivity index (χ0n) is 9.17. The fourth-order valence-corrected chi connectivity index (χ4v) is 2.60. The lowest BCUT2D eigenvalue weighted by Gasteiger charge is -2.20. The van der Waals surface area contributed by atoms with Gasteiger partial charge in [0.15, 0.2) is 0 Å². The summed E-state index contributed by atoms with van der Waals surface area (Å²) < 4.78 is 5.66. The quantitative estimate of drug-likeness (QED) is 0.853. The molecule has 16 heavy (non-hydrogen) atoms. The summed E-state index contributed by atoms with van der Waals surface area (Å²) in [5.41, 5.74) is -0.112. The molecule has 0 aromatic heterocycles. The SMILES string of the molecule is C[Si](C)(C)Oc1ccc(Cl)c(C(=O)O)c1Cl. The molecule has 0 aliphatic carbocycles. The molecule has 0 bridgehead atoms. The molecular formula is C10H12Cl2O3Si. The van der Waals surface area contributed by atoms with Gasteiger partial charge in [-0.1, -0.05) is 23.2 Å². The highest BCUT2D eigenvalue weighted by Gasteiger charge is 2.22. The van der Waals surface area contributed by atoms with Crippen molar-refractivity contribution in [2.45, 2.75) is 19.6 Å². The maximum Gasteiger partial charge on any atom is 0.338 e. The molecule has 0 saturated heterocycles. The molecule has 88 valence electrons. The molecule has 0 spiro atoms. The van der Waals surface area contributed by atoms with Gasteiger partial charge in [0, 0.05) is 0 Å². The van der Waals surface area contributed by atoms with Gasteiger partial charge in [0.05, 0.1) is 10.0 Å². The van der Waals surface area contributed by atoms with E-state index in [1.807, 2.05) is 19.6 Å². The smallest absolute Gasteiger partial charge is 0.338 e. The van der Waals surface area contributed by atoms with Gasteiger partial charge in [-0.05, 0) is 31.8 Å². The van der Waals surface area contributed by atoms with Gasteiger partial charge in [0.2, 0.25) is 8.32 Å². The predicted octanol–water partition coefficient (Wildman–Crippen LogP) is 3.91. The number of benzene rings is 1. The fourth-order valence-electron chi connectivity index (χ4n) is 1.14. The first-order chi connectivity index (χ1) is 7.22. The van der Waals surface area contributed by atoms with Gasteiger partial charge < -0.3 is 9.53 Å². The maximum atomic E-state index is 10.9. The highest BCUT2D eigenvalue weighted by atomic mass is 35.5. The number of hydrogen-bond acceptors (Lipinski definition) is 2. The van der Waals surface area contributed by atoms with Gasteiger partial charge in [-0.2, -0.15) is 0 Å². The topological polar surface area (TPSA) is 46.5 Å². The number of aromatic carboxylic acids is 1. The number of carboxylic acid groups (broad SMARTS) is 1. The van der Waals surface area contributed by atoms with Gasteiger partial charge in [-0.15, -0.1) is 0 Å². The standard InChI is InChI=1S/C10H12Cl2O3Si/c1-16(2,3)15-7-5-4-6(11)8(9(7)12)10(13)14/h4-5H,1-3H3,(H,13,14). The van der Waals surface area contributed by atoms with Crippen LogP contribution < -0.4 is 4.43 Å². The molecule has 0 atom stereocenters. The van der Waals surface area contributed by atoms with Gasteiger partial charge >= 0.3 is 5.97 Å². The third-order valence-electron chi connectivity index (χ3n) is 1.69. The average molecular weight is 279 g/mol. The Morgan fingerprint density at radius 2 is 1.88 bits per heavy atom. The van der Waals surface area contributed by atoms with Crippen molar-refractivity contribution in [3.63, 3.8) is 0 Å². The van der Waals surface area contributed by atoms with E-state index >= 15 is 0 Å². The second-order valence-electron chi connectivity index (χ2n) is 4.25. The minimum Gasteiger partial charge on any atom is -0.543 e.